The van der Waals surface area contributed by atoms with Gasteiger partial charge in [-0.25, -0.2) is 4.98 Å². The Bertz CT molecular complexity index is 720. The van der Waals surface area contributed by atoms with Crippen LogP contribution in [0.2, 0.25) is 10.4 Å². The third-order valence-electron chi connectivity index (χ3n) is 2.68. The molecule has 2 N–H and O–H groups in total. The van der Waals surface area contributed by atoms with Crippen LogP contribution in [0.1, 0.15) is 0 Å². The van der Waals surface area contributed by atoms with Crippen LogP contribution in [0, 0.1) is 0 Å². The van der Waals surface area contributed by atoms with Crippen LogP contribution in [0.5, 0.6) is 0 Å². The van der Waals surface area contributed by atoms with Gasteiger partial charge in [-0.05, 0) is 17.7 Å². The van der Waals surface area contributed by atoms with Crippen molar-refractivity contribution in [2.24, 2.45) is 0 Å². The van der Waals surface area contributed by atoms with Crippen LogP contribution in [0.3, 0.4) is 0 Å². The summed E-state index contributed by atoms with van der Waals surface area (Å²) in [6.45, 7) is 0. The van der Waals surface area contributed by atoms with E-state index in [-0.39, 0.29) is 5.28 Å². The van der Waals surface area contributed by atoms with Gasteiger partial charge in [-0.15, -0.1) is 0 Å². The first kappa shape index (κ1) is 10.6. The van der Waals surface area contributed by atoms with Crippen molar-refractivity contribution < 1.29 is 0 Å². The summed E-state index contributed by atoms with van der Waals surface area (Å²) in [4.78, 5) is 11.3. The minimum Gasteiger partial charge on any atom is -0.386 e. The number of para-hydroxylation sites is 1. The van der Waals surface area contributed by atoms with Crippen molar-refractivity contribution in [3.63, 3.8) is 0 Å². The van der Waals surface area contributed by atoms with E-state index < -0.39 is 0 Å². The molecule has 6 heteroatoms. The van der Waals surface area contributed by atoms with Gasteiger partial charge >= 0.3 is 0 Å². The minimum absolute atomic E-state index is 0.139. The number of aromatic nitrogens is 3. The molecule has 0 unspecified atom stereocenters. The average Bonchev–Trinajstić information content (AvgIpc) is 2.66. The van der Waals surface area contributed by atoms with Crippen molar-refractivity contribution >= 4 is 50.8 Å². The summed E-state index contributed by atoms with van der Waals surface area (Å²) >= 11 is 11.9. The van der Waals surface area contributed by atoms with Gasteiger partial charge in [-0.3, -0.25) is 0 Å². The Morgan fingerprint density at radius 1 is 1.24 bits per heavy atom. The molecule has 0 atom stereocenters. The fourth-order valence-corrected chi connectivity index (χ4v) is 2.44. The van der Waals surface area contributed by atoms with Gasteiger partial charge in [0.15, 0.2) is 0 Å². The standard InChI is InChI=1S/C11H8Cl2N4/c1-14-6-4-2-3-5-7-9(12)16-11(13)17-10(7)15-8(5)6/h2-4,14H,1H3,(H,15,16,17). The Balaban J connectivity index is 2.54. The quantitative estimate of drug-likeness (QED) is 0.524. The first-order valence-electron chi connectivity index (χ1n) is 5.02. The van der Waals surface area contributed by atoms with Gasteiger partial charge in [0.05, 0.1) is 16.6 Å². The summed E-state index contributed by atoms with van der Waals surface area (Å²) in [5.41, 5.74) is 2.57. The molecule has 3 aromatic rings. The van der Waals surface area contributed by atoms with Crippen molar-refractivity contribution in [3.8, 4) is 0 Å². The van der Waals surface area contributed by atoms with E-state index >= 15 is 0 Å². The lowest BCUT2D eigenvalue weighted by atomic mass is 10.2. The van der Waals surface area contributed by atoms with E-state index in [0.29, 0.717) is 10.8 Å². The molecule has 1 aromatic carbocycles. The second-order valence-electron chi connectivity index (χ2n) is 3.61. The first-order valence-corrected chi connectivity index (χ1v) is 5.77. The maximum atomic E-state index is 6.10. The van der Waals surface area contributed by atoms with Gasteiger partial charge < -0.3 is 10.3 Å². The van der Waals surface area contributed by atoms with E-state index in [1.165, 1.54) is 0 Å². The Morgan fingerprint density at radius 2 is 2.06 bits per heavy atom. The molecule has 0 fully saturated rings. The smallest absolute Gasteiger partial charge is 0.225 e. The molecule has 3 rings (SSSR count). The van der Waals surface area contributed by atoms with Crippen molar-refractivity contribution in [2.75, 3.05) is 12.4 Å². The van der Waals surface area contributed by atoms with Crippen LogP contribution >= 0.6 is 23.2 Å². The second-order valence-corrected chi connectivity index (χ2v) is 4.31. The van der Waals surface area contributed by atoms with Crippen molar-refractivity contribution in [1.82, 2.24) is 15.0 Å². The third-order valence-corrected chi connectivity index (χ3v) is 3.13. The predicted molar refractivity (Wildman–Crippen MR) is 71.0 cm³/mol. The molecule has 2 aromatic heterocycles. The molecular formula is C11H8Cl2N4. The topological polar surface area (TPSA) is 53.6 Å². The highest BCUT2D eigenvalue weighted by Gasteiger charge is 2.13. The number of hydrogen-bond acceptors (Lipinski definition) is 3. The monoisotopic (exact) mass is 266 g/mol. The fraction of sp³-hybridized carbons (Fsp3) is 0.0909. The molecule has 0 aliphatic carbocycles. The maximum Gasteiger partial charge on any atom is 0.225 e. The molecule has 4 nitrogen and oxygen atoms in total. The van der Waals surface area contributed by atoms with Gasteiger partial charge in [-0.2, -0.15) is 4.98 Å². The minimum atomic E-state index is 0.139. The van der Waals surface area contributed by atoms with Crippen molar-refractivity contribution in [3.05, 3.63) is 28.6 Å². The van der Waals surface area contributed by atoms with E-state index in [1.807, 2.05) is 25.2 Å². The number of aromatic amines is 1. The molecule has 0 spiro atoms. The molecule has 0 amide bonds. The van der Waals surface area contributed by atoms with Crippen LogP contribution in [0.15, 0.2) is 18.2 Å². The predicted octanol–water partition coefficient (Wildman–Crippen LogP) is 3.46. The number of fused-ring (bicyclic) bond motifs is 3. The summed E-state index contributed by atoms with van der Waals surface area (Å²) in [5.74, 6) is 0. The average molecular weight is 267 g/mol. The second kappa shape index (κ2) is 3.75. The highest BCUT2D eigenvalue weighted by atomic mass is 35.5. The Labute approximate surface area is 107 Å². The SMILES string of the molecule is CNc1cccc2c1[nH]c1nc(Cl)nc(Cl)c12. The van der Waals surface area contributed by atoms with Gasteiger partial charge in [0.1, 0.15) is 10.8 Å². The molecule has 0 aliphatic heterocycles. The summed E-state index contributed by atoms with van der Waals surface area (Å²) in [7, 11) is 1.86. The van der Waals surface area contributed by atoms with Crippen LogP contribution in [0.4, 0.5) is 5.69 Å². The molecule has 17 heavy (non-hydrogen) atoms. The third kappa shape index (κ3) is 1.52. The molecule has 0 radical (unpaired) electrons. The van der Waals surface area contributed by atoms with Crippen molar-refractivity contribution in [1.29, 1.82) is 0 Å². The van der Waals surface area contributed by atoms with Gasteiger partial charge in [0.2, 0.25) is 5.28 Å². The van der Waals surface area contributed by atoms with Crippen LogP contribution in [0.25, 0.3) is 21.9 Å². The molecule has 0 saturated carbocycles. The number of anilines is 1. The van der Waals surface area contributed by atoms with Crippen LogP contribution in [-0.2, 0) is 0 Å². The van der Waals surface area contributed by atoms with E-state index in [0.717, 1.165) is 22.0 Å². The Kier molecular flexibility index (Phi) is 2.34. The van der Waals surface area contributed by atoms with E-state index in [4.69, 9.17) is 23.2 Å². The lowest BCUT2D eigenvalue weighted by molar-refractivity contribution is 1.20. The molecule has 2 heterocycles. The lowest BCUT2D eigenvalue weighted by Crippen LogP contribution is -1.88. The highest BCUT2D eigenvalue weighted by Crippen LogP contribution is 2.33. The summed E-state index contributed by atoms with van der Waals surface area (Å²) in [6.07, 6.45) is 0. The molecule has 0 saturated heterocycles. The summed E-state index contributed by atoms with van der Waals surface area (Å²) < 4.78 is 0. The molecular weight excluding hydrogens is 259 g/mol. The number of halogens is 2. The number of nitrogens with one attached hydrogen (secondary N) is 2. The Morgan fingerprint density at radius 3 is 2.82 bits per heavy atom. The van der Waals surface area contributed by atoms with Crippen LogP contribution < -0.4 is 5.32 Å². The van der Waals surface area contributed by atoms with E-state index in [2.05, 4.69) is 20.3 Å². The largest absolute Gasteiger partial charge is 0.386 e. The number of hydrogen-bond donors (Lipinski definition) is 2. The fourth-order valence-electron chi connectivity index (χ4n) is 1.96. The lowest BCUT2D eigenvalue weighted by Gasteiger charge is -2.00. The molecule has 0 aliphatic rings. The number of benzene rings is 1. The van der Waals surface area contributed by atoms with Gasteiger partial charge in [-0.1, -0.05) is 23.7 Å². The zero-order valence-corrected chi connectivity index (χ0v) is 10.4. The van der Waals surface area contributed by atoms with Crippen LogP contribution in [-0.4, -0.2) is 22.0 Å². The molecule has 0 bridgehead atoms. The number of H-pyrrole nitrogens is 1. The Hall–Kier alpha value is -1.52. The van der Waals surface area contributed by atoms with Gasteiger partial charge in [0.25, 0.3) is 0 Å². The maximum absolute atomic E-state index is 6.10. The normalized spacial score (nSPS) is 11.2. The zero-order chi connectivity index (χ0) is 12.0. The highest BCUT2D eigenvalue weighted by molar-refractivity contribution is 6.38. The van der Waals surface area contributed by atoms with E-state index in [9.17, 15) is 0 Å². The van der Waals surface area contributed by atoms with E-state index in [1.54, 1.807) is 0 Å². The van der Waals surface area contributed by atoms with Gasteiger partial charge in [0, 0.05) is 12.4 Å². The molecule has 86 valence electrons. The zero-order valence-electron chi connectivity index (χ0n) is 8.88. The summed E-state index contributed by atoms with van der Waals surface area (Å²) in [5, 5.41) is 5.38. The van der Waals surface area contributed by atoms with Crippen molar-refractivity contribution in [2.45, 2.75) is 0 Å². The number of nitrogens with zero attached hydrogens (tertiary/aromatic N) is 2. The first-order chi connectivity index (χ1) is 8.20. The number of rotatable bonds is 1. The summed E-state index contributed by atoms with van der Waals surface area (Å²) in [6, 6.07) is 5.89.